The summed E-state index contributed by atoms with van der Waals surface area (Å²) in [5, 5.41) is 2.82. The highest BCUT2D eigenvalue weighted by molar-refractivity contribution is 5.78. The van der Waals surface area contributed by atoms with Crippen LogP contribution >= 0.6 is 0 Å². The molecule has 3 atom stereocenters. The van der Waals surface area contributed by atoms with Crippen LogP contribution in [0.1, 0.15) is 18.4 Å². The number of amides is 1. The molecule has 2 saturated heterocycles. The van der Waals surface area contributed by atoms with Crippen molar-refractivity contribution in [3.05, 3.63) is 35.9 Å². The average Bonchev–Trinajstić information content (AvgIpc) is 2.65. The van der Waals surface area contributed by atoms with Gasteiger partial charge in [-0.15, -0.1) is 0 Å². The lowest BCUT2D eigenvalue weighted by molar-refractivity contribution is -0.141. The van der Waals surface area contributed by atoms with Gasteiger partial charge < -0.3 is 19.7 Å². The maximum Gasteiger partial charge on any atom is 0.223 e. The van der Waals surface area contributed by atoms with Gasteiger partial charge in [0.15, 0.2) is 0 Å². The van der Waals surface area contributed by atoms with E-state index >= 15 is 0 Å². The number of carbonyl (C=O) groups is 1. The summed E-state index contributed by atoms with van der Waals surface area (Å²) in [6, 6.07) is 10.2. The second kappa shape index (κ2) is 8.60. The van der Waals surface area contributed by atoms with Crippen LogP contribution in [0.25, 0.3) is 0 Å². The summed E-state index contributed by atoms with van der Waals surface area (Å²) in [5.74, 6) is 0.554. The van der Waals surface area contributed by atoms with Crippen molar-refractivity contribution in [1.29, 1.82) is 0 Å². The number of likely N-dealkylation sites (tertiary alicyclic amines) is 1. The van der Waals surface area contributed by atoms with Gasteiger partial charge in [-0.1, -0.05) is 30.3 Å². The topological polar surface area (TPSA) is 50.8 Å². The van der Waals surface area contributed by atoms with Crippen molar-refractivity contribution >= 4 is 5.91 Å². The minimum atomic E-state index is 0.0850. The molecule has 0 spiro atoms. The number of piperidine rings is 1. The van der Waals surface area contributed by atoms with Crippen molar-refractivity contribution in [1.82, 2.24) is 10.2 Å². The molecule has 0 saturated carbocycles. The standard InChI is InChI=1S/C19H28N2O3/c1-20-19(22)16-8-11-24-18-7-9-21(13-17(16)18)10-12-23-14-15-5-3-2-4-6-15/h2-6,16-18H,7-14H2,1H3,(H,20,22)/t16-,17+,18-/m1/s1. The smallest absolute Gasteiger partial charge is 0.223 e. The number of rotatable bonds is 6. The van der Waals surface area contributed by atoms with Crippen molar-refractivity contribution in [2.75, 3.05) is 39.9 Å². The summed E-state index contributed by atoms with van der Waals surface area (Å²) < 4.78 is 11.7. The normalized spacial score (nSPS) is 27.5. The SMILES string of the molecule is CNC(=O)[C@@H]1CCO[C@@H]2CCN(CCOCc3ccccc3)C[C@H]21. The third-order valence-electron chi connectivity index (χ3n) is 5.20. The molecule has 0 unspecified atom stereocenters. The molecule has 1 aromatic carbocycles. The van der Waals surface area contributed by atoms with Gasteiger partial charge in [0.25, 0.3) is 0 Å². The quantitative estimate of drug-likeness (QED) is 0.805. The Morgan fingerprint density at radius 2 is 2.17 bits per heavy atom. The Morgan fingerprint density at radius 1 is 1.33 bits per heavy atom. The Hall–Kier alpha value is -1.43. The molecule has 2 fully saturated rings. The molecule has 24 heavy (non-hydrogen) atoms. The van der Waals surface area contributed by atoms with Crippen LogP contribution in [0, 0.1) is 11.8 Å². The average molecular weight is 332 g/mol. The second-order valence-corrected chi connectivity index (χ2v) is 6.71. The lowest BCUT2D eigenvalue weighted by Gasteiger charge is -2.44. The van der Waals surface area contributed by atoms with Gasteiger partial charge in [-0.05, 0) is 18.4 Å². The third kappa shape index (κ3) is 4.35. The zero-order valence-corrected chi connectivity index (χ0v) is 14.4. The first kappa shape index (κ1) is 17.4. The fourth-order valence-corrected chi connectivity index (χ4v) is 3.86. The molecule has 2 heterocycles. The van der Waals surface area contributed by atoms with Gasteiger partial charge in [0.2, 0.25) is 5.91 Å². The summed E-state index contributed by atoms with van der Waals surface area (Å²) in [6.45, 7) is 4.95. The van der Waals surface area contributed by atoms with Crippen LogP contribution in [-0.2, 0) is 20.9 Å². The summed E-state index contributed by atoms with van der Waals surface area (Å²) in [7, 11) is 1.73. The molecule has 5 heteroatoms. The van der Waals surface area contributed by atoms with E-state index in [0.29, 0.717) is 19.1 Å². The van der Waals surface area contributed by atoms with Gasteiger partial charge in [0.1, 0.15) is 0 Å². The zero-order valence-electron chi connectivity index (χ0n) is 14.4. The first-order valence-corrected chi connectivity index (χ1v) is 8.95. The van der Waals surface area contributed by atoms with Gasteiger partial charge >= 0.3 is 0 Å². The Kier molecular flexibility index (Phi) is 6.24. The minimum Gasteiger partial charge on any atom is -0.378 e. The monoisotopic (exact) mass is 332 g/mol. The molecule has 0 radical (unpaired) electrons. The lowest BCUT2D eigenvalue weighted by atomic mass is 9.79. The van der Waals surface area contributed by atoms with E-state index < -0.39 is 0 Å². The second-order valence-electron chi connectivity index (χ2n) is 6.71. The number of hydrogen-bond donors (Lipinski definition) is 1. The highest BCUT2D eigenvalue weighted by Crippen LogP contribution is 2.33. The predicted octanol–water partition coefficient (Wildman–Crippen LogP) is 1.68. The molecule has 1 amide bonds. The molecule has 2 aliphatic heterocycles. The van der Waals surface area contributed by atoms with E-state index in [9.17, 15) is 4.79 Å². The van der Waals surface area contributed by atoms with Crippen molar-refractivity contribution in [2.24, 2.45) is 11.8 Å². The highest BCUT2D eigenvalue weighted by atomic mass is 16.5. The van der Waals surface area contributed by atoms with Crippen LogP contribution in [0.15, 0.2) is 30.3 Å². The van der Waals surface area contributed by atoms with E-state index in [-0.39, 0.29) is 17.9 Å². The van der Waals surface area contributed by atoms with Crippen molar-refractivity contribution < 1.29 is 14.3 Å². The first-order chi connectivity index (χ1) is 11.8. The van der Waals surface area contributed by atoms with Crippen LogP contribution in [0.2, 0.25) is 0 Å². The van der Waals surface area contributed by atoms with Crippen LogP contribution in [0.5, 0.6) is 0 Å². The Bertz CT molecular complexity index is 523. The third-order valence-corrected chi connectivity index (χ3v) is 5.20. The summed E-state index contributed by atoms with van der Waals surface area (Å²) >= 11 is 0. The van der Waals surface area contributed by atoms with E-state index in [2.05, 4.69) is 22.3 Å². The van der Waals surface area contributed by atoms with E-state index in [1.54, 1.807) is 7.05 Å². The van der Waals surface area contributed by atoms with E-state index in [0.717, 1.165) is 39.1 Å². The Labute approximate surface area is 144 Å². The van der Waals surface area contributed by atoms with Crippen LogP contribution < -0.4 is 5.32 Å². The maximum absolute atomic E-state index is 12.1. The van der Waals surface area contributed by atoms with E-state index in [1.807, 2.05) is 18.2 Å². The fraction of sp³-hybridized carbons (Fsp3) is 0.632. The van der Waals surface area contributed by atoms with Crippen LogP contribution in [0.3, 0.4) is 0 Å². The van der Waals surface area contributed by atoms with Crippen molar-refractivity contribution in [3.63, 3.8) is 0 Å². The zero-order chi connectivity index (χ0) is 16.8. The summed E-state index contributed by atoms with van der Waals surface area (Å²) in [6.07, 6.45) is 2.08. The number of ether oxygens (including phenoxy) is 2. The van der Waals surface area contributed by atoms with E-state index in [1.165, 1.54) is 5.56 Å². The molecule has 3 rings (SSSR count). The molecular weight excluding hydrogens is 304 g/mol. The predicted molar refractivity (Wildman–Crippen MR) is 92.6 cm³/mol. The number of hydrogen-bond acceptors (Lipinski definition) is 4. The van der Waals surface area contributed by atoms with Crippen molar-refractivity contribution in [3.8, 4) is 0 Å². The fourth-order valence-electron chi connectivity index (χ4n) is 3.86. The molecule has 0 aliphatic carbocycles. The lowest BCUT2D eigenvalue weighted by Crippen LogP contribution is -2.53. The highest BCUT2D eigenvalue weighted by Gasteiger charge is 2.41. The summed E-state index contributed by atoms with van der Waals surface area (Å²) in [4.78, 5) is 14.5. The molecule has 0 bridgehead atoms. The number of nitrogens with one attached hydrogen (secondary N) is 1. The number of benzene rings is 1. The molecule has 5 nitrogen and oxygen atoms in total. The van der Waals surface area contributed by atoms with Gasteiger partial charge in [-0.25, -0.2) is 0 Å². The van der Waals surface area contributed by atoms with Gasteiger partial charge in [0.05, 0.1) is 19.3 Å². The minimum absolute atomic E-state index is 0.0850. The van der Waals surface area contributed by atoms with Gasteiger partial charge in [-0.3, -0.25) is 4.79 Å². The van der Waals surface area contributed by atoms with Crippen molar-refractivity contribution in [2.45, 2.75) is 25.6 Å². The number of carbonyl (C=O) groups excluding carboxylic acids is 1. The summed E-state index contributed by atoms with van der Waals surface area (Å²) in [5.41, 5.74) is 1.21. The maximum atomic E-state index is 12.1. The molecular formula is C19H28N2O3. The molecule has 1 aromatic rings. The van der Waals surface area contributed by atoms with Gasteiger partial charge in [-0.2, -0.15) is 0 Å². The van der Waals surface area contributed by atoms with Gasteiger partial charge in [0, 0.05) is 45.1 Å². The largest absolute Gasteiger partial charge is 0.378 e. The number of fused-ring (bicyclic) bond motifs is 1. The molecule has 0 aromatic heterocycles. The number of nitrogens with zero attached hydrogens (tertiary/aromatic N) is 1. The molecule has 2 aliphatic rings. The molecule has 132 valence electrons. The van der Waals surface area contributed by atoms with Crippen LogP contribution in [0.4, 0.5) is 0 Å². The van der Waals surface area contributed by atoms with Crippen LogP contribution in [-0.4, -0.2) is 56.8 Å². The Balaban J connectivity index is 1.45. The van der Waals surface area contributed by atoms with E-state index in [4.69, 9.17) is 9.47 Å². The molecule has 1 N–H and O–H groups in total. The Morgan fingerprint density at radius 3 is 2.96 bits per heavy atom. The first-order valence-electron chi connectivity index (χ1n) is 8.95.